The minimum atomic E-state index is 0.975. The summed E-state index contributed by atoms with van der Waals surface area (Å²) in [5.41, 5.74) is 2.22. The van der Waals surface area contributed by atoms with Crippen molar-refractivity contribution in [1.82, 2.24) is 10.3 Å². The molecule has 1 aromatic heterocycles. The van der Waals surface area contributed by atoms with Crippen LogP contribution >= 0.6 is 27.3 Å². The van der Waals surface area contributed by atoms with E-state index in [1.807, 2.05) is 25.2 Å². The maximum Gasteiger partial charge on any atom is 0.0945 e. The lowest BCUT2D eigenvalue weighted by Gasteiger charge is -1.99. The molecular weight excluding hydrogens is 284 g/mol. The molecule has 0 saturated carbocycles. The average Bonchev–Trinajstić information content (AvgIpc) is 2.75. The Balaban J connectivity index is 2.22. The van der Waals surface area contributed by atoms with Gasteiger partial charge in [0, 0.05) is 28.4 Å². The highest BCUT2D eigenvalue weighted by molar-refractivity contribution is 9.10. The topological polar surface area (TPSA) is 24.9 Å². The molecule has 0 radical (unpaired) electrons. The van der Waals surface area contributed by atoms with Crippen molar-refractivity contribution in [2.75, 3.05) is 13.6 Å². The zero-order valence-corrected chi connectivity index (χ0v) is 11.4. The van der Waals surface area contributed by atoms with Crippen LogP contribution in [0.5, 0.6) is 0 Å². The maximum atomic E-state index is 4.63. The summed E-state index contributed by atoms with van der Waals surface area (Å²) in [5, 5.41) is 6.43. The quantitative estimate of drug-likeness (QED) is 0.936. The molecular formula is C12H13BrN2S. The van der Waals surface area contributed by atoms with Gasteiger partial charge in [-0.15, -0.1) is 11.3 Å². The first-order valence-electron chi connectivity index (χ1n) is 5.15. The molecule has 0 aliphatic heterocycles. The number of hydrogen-bond donors (Lipinski definition) is 1. The Kier molecular flexibility index (Phi) is 4.09. The van der Waals surface area contributed by atoms with E-state index in [-0.39, 0.29) is 0 Å². The fourth-order valence-corrected chi connectivity index (χ4v) is 2.74. The Morgan fingerprint density at radius 1 is 1.38 bits per heavy atom. The molecule has 0 bridgehead atoms. The van der Waals surface area contributed by atoms with Gasteiger partial charge in [0.05, 0.1) is 10.7 Å². The summed E-state index contributed by atoms with van der Waals surface area (Å²) in [7, 11) is 1.96. The summed E-state index contributed by atoms with van der Waals surface area (Å²) >= 11 is 5.27. The molecule has 0 spiro atoms. The van der Waals surface area contributed by atoms with E-state index in [2.05, 4.69) is 37.7 Å². The molecule has 0 fully saturated rings. The van der Waals surface area contributed by atoms with Crippen molar-refractivity contribution < 1.29 is 0 Å². The highest BCUT2D eigenvalue weighted by Crippen LogP contribution is 2.28. The van der Waals surface area contributed by atoms with E-state index in [0.29, 0.717) is 0 Å². The Labute approximate surface area is 108 Å². The monoisotopic (exact) mass is 296 g/mol. The van der Waals surface area contributed by atoms with Crippen LogP contribution in [0.3, 0.4) is 0 Å². The van der Waals surface area contributed by atoms with Crippen LogP contribution < -0.4 is 5.32 Å². The summed E-state index contributed by atoms with van der Waals surface area (Å²) < 4.78 is 1.10. The molecule has 1 N–H and O–H groups in total. The van der Waals surface area contributed by atoms with Crippen molar-refractivity contribution in [1.29, 1.82) is 0 Å². The van der Waals surface area contributed by atoms with E-state index in [1.54, 1.807) is 11.3 Å². The Morgan fingerprint density at radius 3 is 2.94 bits per heavy atom. The maximum absolute atomic E-state index is 4.63. The van der Waals surface area contributed by atoms with Gasteiger partial charge in [-0.1, -0.05) is 34.1 Å². The second-order valence-corrected chi connectivity index (χ2v) is 5.26. The van der Waals surface area contributed by atoms with Crippen LogP contribution in [0.1, 0.15) is 5.01 Å². The molecule has 0 aliphatic carbocycles. The number of hydrogen-bond acceptors (Lipinski definition) is 3. The number of nitrogens with one attached hydrogen (secondary N) is 1. The van der Waals surface area contributed by atoms with Gasteiger partial charge in [0.15, 0.2) is 0 Å². The van der Waals surface area contributed by atoms with Crippen molar-refractivity contribution in [3.8, 4) is 11.3 Å². The summed E-state index contributed by atoms with van der Waals surface area (Å²) in [5.74, 6) is 0. The first kappa shape index (κ1) is 11.8. The molecule has 1 aromatic carbocycles. The first-order valence-corrected chi connectivity index (χ1v) is 6.82. The van der Waals surface area contributed by atoms with Crippen molar-refractivity contribution in [3.63, 3.8) is 0 Å². The minimum Gasteiger partial charge on any atom is -0.319 e. The van der Waals surface area contributed by atoms with Crippen molar-refractivity contribution in [2.24, 2.45) is 0 Å². The molecule has 0 saturated heterocycles. The first-order chi connectivity index (χ1) is 7.81. The fraction of sp³-hybridized carbons (Fsp3) is 0.250. The van der Waals surface area contributed by atoms with Gasteiger partial charge in [0.25, 0.3) is 0 Å². The van der Waals surface area contributed by atoms with Crippen LogP contribution in [0.4, 0.5) is 0 Å². The molecule has 84 valence electrons. The second-order valence-electron chi connectivity index (χ2n) is 3.46. The van der Waals surface area contributed by atoms with Gasteiger partial charge in [-0.05, 0) is 13.1 Å². The number of halogens is 1. The van der Waals surface area contributed by atoms with Crippen molar-refractivity contribution in [3.05, 3.63) is 39.1 Å². The highest BCUT2D eigenvalue weighted by Gasteiger charge is 2.06. The molecule has 0 atom stereocenters. The lowest BCUT2D eigenvalue weighted by molar-refractivity contribution is 0.788. The van der Waals surface area contributed by atoms with Crippen LogP contribution in [0.15, 0.2) is 34.1 Å². The summed E-state index contributed by atoms with van der Waals surface area (Å²) in [6, 6.07) is 8.18. The Hall–Kier alpha value is -0.710. The predicted octanol–water partition coefficient (Wildman–Crippen LogP) is 3.33. The lowest BCUT2D eigenvalue weighted by Crippen LogP contribution is -2.09. The highest BCUT2D eigenvalue weighted by atomic mass is 79.9. The van der Waals surface area contributed by atoms with E-state index in [0.717, 1.165) is 28.7 Å². The SMILES string of the molecule is CNCCc1nc(-c2ccccc2Br)cs1. The molecule has 4 heteroatoms. The average molecular weight is 297 g/mol. The largest absolute Gasteiger partial charge is 0.319 e. The summed E-state index contributed by atoms with van der Waals surface area (Å²) in [6.07, 6.45) is 0.992. The van der Waals surface area contributed by atoms with Gasteiger partial charge in [-0.2, -0.15) is 0 Å². The third-order valence-electron chi connectivity index (χ3n) is 2.29. The molecule has 1 heterocycles. The van der Waals surface area contributed by atoms with Gasteiger partial charge in [-0.3, -0.25) is 0 Å². The van der Waals surface area contributed by atoms with Crippen LogP contribution in [-0.4, -0.2) is 18.6 Å². The molecule has 2 rings (SSSR count). The van der Waals surface area contributed by atoms with Crippen LogP contribution in [0, 0.1) is 0 Å². The third-order valence-corrected chi connectivity index (χ3v) is 3.89. The van der Waals surface area contributed by atoms with Crippen LogP contribution in [0.25, 0.3) is 11.3 Å². The second kappa shape index (κ2) is 5.57. The van der Waals surface area contributed by atoms with E-state index in [9.17, 15) is 0 Å². The number of thiazole rings is 1. The molecule has 2 nitrogen and oxygen atoms in total. The van der Waals surface area contributed by atoms with Gasteiger partial charge >= 0.3 is 0 Å². The standard InChI is InChI=1S/C12H13BrN2S/c1-14-7-6-12-15-11(8-16-12)9-4-2-3-5-10(9)13/h2-5,8,14H,6-7H2,1H3. The van der Waals surface area contributed by atoms with Crippen LogP contribution in [0.2, 0.25) is 0 Å². The number of benzene rings is 1. The normalized spacial score (nSPS) is 10.6. The summed E-state index contributed by atoms with van der Waals surface area (Å²) in [6.45, 7) is 0.975. The van der Waals surface area contributed by atoms with E-state index in [4.69, 9.17) is 0 Å². The van der Waals surface area contributed by atoms with Crippen molar-refractivity contribution >= 4 is 27.3 Å². The number of nitrogens with zero attached hydrogens (tertiary/aromatic N) is 1. The lowest BCUT2D eigenvalue weighted by atomic mass is 10.2. The number of aromatic nitrogens is 1. The molecule has 0 aliphatic rings. The zero-order valence-electron chi connectivity index (χ0n) is 9.03. The predicted molar refractivity (Wildman–Crippen MR) is 72.9 cm³/mol. The molecule has 16 heavy (non-hydrogen) atoms. The number of likely N-dealkylation sites (N-methyl/N-ethyl adjacent to an activating group) is 1. The minimum absolute atomic E-state index is 0.975. The smallest absolute Gasteiger partial charge is 0.0945 e. The Bertz CT molecular complexity index is 468. The van der Waals surface area contributed by atoms with Crippen molar-refractivity contribution in [2.45, 2.75) is 6.42 Å². The van der Waals surface area contributed by atoms with E-state index >= 15 is 0 Å². The zero-order chi connectivity index (χ0) is 11.4. The molecule has 2 aromatic rings. The van der Waals surface area contributed by atoms with Gasteiger partial charge in [0.1, 0.15) is 0 Å². The van der Waals surface area contributed by atoms with Crippen LogP contribution in [-0.2, 0) is 6.42 Å². The van der Waals surface area contributed by atoms with Gasteiger partial charge < -0.3 is 5.32 Å². The number of rotatable bonds is 4. The van der Waals surface area contributed by atoms with E-state index < -0.39 is 0 Å². The molecule has 0 amide bonds. The van der Waals surface area contributed by atoms with E-state index in [1.165, 1.54) is 5.01 Å². The van der Waals surface area contributed by atoms with Gasteiger partial charge in [-0.25, -0.2) is 4.98 Å². The fourth-order valence-electron chi connectivity index (χ4n) is 1.45. The molecule has 0 unspecified atom stereocenters. The Morgan fingerprint density at radius 2 is 2.19 bits per heavy atom. The van der Waals surface area contributed by atoms with Gasteiger partial charge in [0.2, 0.25) is 0 Å². The third kappa shape index (κ3) is 2.70. The summed E-state index contributed by atoms with van der Waals surface area (Å²) in [4.78, 5) is 4.63.